The number of hydrogen-bond donors (Lipinski definition) is 1. The summed E-state index contributed by atoms with van der Waals surface area (Å²) < 4.78 is 5.60. The fourth-order valence-corrected chi connectivity index (χ4v) is 2.59. The summed E-state index contributed by atoms with van der Waals surface area (Å²) in [6.07, 6.45) is 0.735. The van der Waals surface area contributed by atoms with Crippen LogP contribution in [0.1, 0.15) is 10.7 Å². The van der Waals surface area contributed by atoms with Gasteiger partial charge in [0.2, 0.25) is 0 Å². The lowest BCUT2D eigenvalue weighted by Gasteiger charge is -2.12. The Hall–Kier alpha value is -1.10. The quantitative estimate of drug-likeness (QED) is 0.917. The summed E-state index contributed by atoms with van der Waals surface area (Å²) in [7, 11) is 0. The maximum atomic E-state index is 6.01. The second-order valence-electron chi connectivity index (χ2n) is 4.12. The third kappa shape index (κ3) is 3.98. The van der Waals surface area contributed by atoms with Crippen LogP contribution in [0.15, 0.2) is 29.6 Å². The highest BCUT2D eigenvalue weighted by Gasteiger charge is 2.08. The van der Waals surface area contributed by atoms with Crippen LogP contribution in [0.4, 0.5) is 0 Å². The predicted molar refractivity (Wildman–Crippen MR) is 75.5 cm³/mol. The van der Waals surface area contributed by atoms with Gasteiger partial charge in [-0.15, -0.1) is 11.3 Å². The van der Waals surface area contributed by atoms with Gasteiger partial charge in [0.1, 0.15) is 12.4 Å². The minimum atomic E-state index is -0.0606. The van der Waals surface area contributed by atoms with Crippen LogP contribution in [0, 0.1) is 6.92 Å². The number of nitrogens with zero attached hydrogens (tertiary/aromatic N) is 1. The molecule has 0 spiro atoms. The van der Waals surface area contributed by atoms with Crippen molar-refractivity contribution >= 4 is 22.9 Å². The van der Waals surface area contributed by atoms with Gasteiger partial charge in [0.15, 0.2) is 0 Å². The molecule has 0 amide bonds. The summed E-state index contributed by atoms with van der Waals surface area (Å²) in [5, 5.41) is 3.74. The van der Waals surface area contributed by atoms with E-state index in [0.717, 1.165) is 22.9 Å². The third-order valence-corrected chi connectivity index (χ3v) is 3.59. The van der Waals surface area contributed by atoms with Crippen LogP contribution in [0.5, 0.6) is 5.75 Å². The van der Waals surface area contributed by atoms with Gasteiger partial charge in [-0.1, -0.05) is 17.7 Å². The fourth-order valence-electron chi connectivity index (χ4n) is 1.54. The van der Waals surface area contributed by atoms with Gasteiger partial charge in [-0.05, 0) is 25.1 Å². The number of halogens is 1. The van der Waals surface area contributed by atoms with E-state index in [1.807, 2.05) is 30.5 Å². The second kappa shape index (κ2) is 6.18. The van der Waals surface area contributed by atoms with Crippen molar-refractivity contribution < 1.29 is 4.74 Å². The van der Waals surface area contributed by atoms with Gasteiger partial charge >= 0.3 is 0 Å². The Morgan fingerprint density at radius 1 is 1.50 bits per heavy atom. The van der Waals surface area contributed by atoms with E-state index in [9.17, 15) is 0 Å². The SMILES string of the molecule is Cc1csc(CC(N)COc2cccc(Cl)c2)n1. The fraction of sp³-hybridized carbons (Fsp3) is 0.308. The average Bonchev–Trinajstić information content (AvgIpc) is 2.72. The molecule has 1 atom stereocenters. The monoisotopic (exact) mass is 282 g/mol. The van der Waals surface area contributed by atoms with Gasteiger partial charge in [0.05, 0.1) is 5.01 Å². The predicted octanol–water partition coefficient (Wildman–Crippen LogP) is 3.05. The first-order valence-corrected chi connectivity index (χ1v) is 6.94. The van der Waals surface area contributed by atoms with Crippen LogP contribution in [-0.4, -0.2) is 17.6 Å². The average molecular weight is 283 g/mol. The van der Waals surface area contributed by atoms with Crippen LogP contribution in [0.3, 0.4) is 0 Å². The van der Waals surface area contributed by atoms with Crippen LogP contribution in [0.2, 0.25) is 5.02 Å². The number of benzene rings is 1. The lowest BCUT2D eigenvalue weighted by molar-refractivity contribution is 0.287. The molecular weight excluding hydrogens is 268 g/mol. The van der Waals surface area contributed by atoms with E-state index in [1.165, 1.54) is 0 Å². The highest BCUT2D eigenvalue weighted by Crippen LogP contribution is 2.17. The zero-order chi connectivity index (χ0) is 13.0. The molecule has 2 aromatic rings. The third-order valence-electron chi connectivity index (χ3n) is 2.36. The molecule has 1 unspecified atom stereocenters. The minimum absolute atomic E-state index is 0.0606. The Morgan fingerprint density at radius 2 is 2.33 bits per heavy atom. The Balaban J connectivity index is 1.83. The standard InChI is InChI=1S/C13H15ClN2OS/c1-9-8-18-13(16-9)6-11(15)7-17-12-4-2-3-10(14)5-12/h2-5,8,11H,6-7,15H2,1H3. The molecule has 1 heterocycles. The Morgan fingerprint density at radius 3 is 3.00 bits per heavy atom. The number of ether oxygens (including phenoxy) is 1. The molecule has 1 aromatic heterocycles. The smallest absolute Gasteiger partial charge is 0.120 e. The maximum absolute atomic E-state index is 6.01. The molecule has 2 rings (SSSR count). The highest BCUT2D eigenvalue weighted by atomic mass is 35.5. The van der Waals surface area contributed by atoms with E-state index < -0.39 is 0 Å². The molecular formula is C13H15ClN2OS. The second-order valence-corrected chi connectivity index (χ2v) is 5.49. The Bertz CT molecular complexity index is 515. The molecule has 5 heteroatoms. The first-order chi connectivity index (χ1) is 8.63. The summed E-state index contributed by atoms with van der Waals surface area (Å²) in [4.78, 5) is 4.38. The molecule has 0 fully saturated rings. The molecule has 0 saturated carbocycles. The molecule has 0 radical (unpaired) electrons. The van der Waals surface area contributed by atoms with Crippen molar-refractivity contribution in [3.63, 3.8) is 0 Å². The van der Waals surface area contributed by atoms with Crippen LogP contribution < -0.4 is 10.5 Å². The lowest BCUT2D eigenvalue weighted by atomic mass is 10.2. The van der Waals surface area contributed by atoms with Crippen molar-refractivity contribution in [1.29, 1.82) is 0 Å². The van der Waals surface area contributed by atoms with Crippen molar-refractivity contribution in [1.82, 2.24) is 4.98 Å². The molecule has 0 bridgehead atoms. The first-order valence-electron chi connectivity index (χ1n) is 5.68. The van der Waals surface area contributed by atoms with Gasteiger partial charge in [-0.25, -0.2) is 4.98 Å². The van der Waals surface area contributed by atoms with Crippen molar-refractivity contribution in [2.24, 2.45) is 5.73 Å². The molecule has 96 valence electrons. The van der Waals surface area contributed by atoms with Crippen LogP contribution >= 0.6 is 22.9 Å². The van der Waals surface area contributed by atoms with Crippen molar-refractivity contribution in [2.75, 3.05) is 6.61 Å². The van der Waals surface area contributed by atoms with Gasteiger partial charge in [-0.3, -0.25) is 0 Å². The van der Waals surface area contributed by atoms with E-state index in [0.29, 0.717) is 11.6 Å². The lowest BCUT2D eigenvalue weighted by Crippen LogP contribution is -2.30. The van der Waals surface area contributed by atoms with E-state index in [1.54, 1.807) is 17.4 Å². The molecule has 3 nitrogen and oxygen atoms in total. The molecule has 0 aliphatic rings. The molecule has 18 heavy (non-hydrogen) atoms. The van der Waals surface area contributed by atoms with Crippen LogP contribution in [0.25, 0.3) is 0 Å². The summed E-state index contributed by atoms with van der Waals surface area (Å²) >= 11 is 7.51. The van der Waals surface area contributed by atoms with E-state index >= 15 is 0 Å². The van der Waals surface area contributed by atoms with Crippen molar-refractivity contribution in [3.05, 3.63) is 45.4 Å². The van der Waals surface area contributed by atoms with Crippen molar-refractivity contribution in [3.8, 4) is 5.75 Å². The summed E-state index contributed by atoms with van der Waals surface area (Å²) in [6, 6.07) is 7.25. The Kier molecular flexibility index (Phi) is 4.58. The number of rotatable bonds is 5. The zero-order valence-electron chi connectivity index (χ0n) is 10.1. The molecule has 0 saturated heterocycles. The zero-order valence-corrected chi connectivity index (χ0v) is 11.7. The largest absolute Gasteiger partial charge is 0.492 e. The van der Waals surface area contributed by atoms with Gasteiger partial charge in [0.25, 0.3) is 0 Å². The molecule has 2 N–H and O–H groups in total. The van der Waals surface area contributed by atoms with Crippen molar-refractivity contribution in [2.45, 2.75) is 19.4 Å². The minimum Gasteiger partial charge on any atom is -0.492 e. The maximum Gasteiger partial charge on any atom is 0.120 e. The first kappa shape index (κ1) is 13.3. The van der Waals surface area contributed by atoms with Gasteiger partial charge < -0.3 is 10.5 Å². The van der Waals surface area contributed by atoms with E-state index in [2.05, 4.69) is 4.98 Å². The normalized spacial score (nSPS) is 12.4. The summed E-state index contributed by atoms with van der Waals surface area (Å²) in [5.74, 6) is 0.744. The number of aryl methyl sites for hydroxylation is 1. The summed E-state index contributed by atoms with van der Waals surface area (Å²) in [6.45, 7) is 2.44. The topological polar surface area (TPSA) is 48.1 Å². The number of aromatic nitrogens is 1. The summed E-state index contributed by atoms with van der Waals surface area (Å²) in [5.41, 5.74) is 7.05. The van der Waals surface area contributed by atoms with Gasteiger partial charge in [0, 0.05) is 28.6 Å². The molecule has 0 aliphatic carbocycles. The van der Waals surface area contributed by atoms with Crippen LogP contribution in [-0.2, 0) is 6.42 Å². The number of nitrogens with two attached hydrogens (primary N) is 1. The highest BCUT2D eigenvalue weighted by molar-refractivity contribution is 7.09. The van der Waals surface area contributed by atoms with E-state index in [4.69, 9.17) is 22.1 Å². The number of hydrogen-bond acceptors (Lipinski definition) is 4. The van der Waals surface area contributed by atoms with Gasteiger partial charge in [-0.2, -0.15) is 0 Å². The Labute approximate surface area is 116 Å². The van der Waals surface area contributed by atoms with E-state index in [-0.39, 0.29) is 6.04 Å². The number of thiazole rings is 1. The molecule has 1 aromatic carbocycles. The molecule has 0 aliphatic heterocycles.